The van der Waals surface area contributed by atoms with E-state index in [1.807, 2.05) is 35.8 Å². The minimum atomic E-state index is 0.174. The minimum Gasteiger partial charge on any atom is -0.485 e. The van der Waals surface area contributed by atoms with Crippen molar-refractivity contribution in [2.45, 2.75) is 18.9 Å². The quantitative estimate of drug-likeness (QED) is 0.888. The maximum atomic E-state index is 5.97. The SMILES string of the molecule is CC(CNCC1CNc2ccccc2O1)c1nccs1. The maximum Gasteiger partial charge on any atom is 0.142 e. The van der Waals surface area contributed by atoms with Crippen LogP contribution in [0.4, 0.5) is 5.69 Å². The van der Waals surface area contributed by atoms with Gasteiger partial charge in [-0.1, -0.05) is 19.1 Å². The number of thiazole rings is 1. The first-order valence-electron chi connectivity index (χ1n) is 6.92. The number of para-hydroxylation sites is 2. The third-order valence-corrected chi connectivity index (χ3v) is 4.40. The molecule has 1 aliphatic rings. The molecule has 2 heterocycles. The average molecular weight is 289 g/mol. The molecule has 0 radical (unpaired) electrons. The van der Waals surface area contributed by atoms with Crippen molar-refractivity contribution in [2.24, 2.45) is 0 Å². The van der Waals surface area contributed by atoms with Crippen molar-refractivity contribution in [3.63, 3.8) is 0 Å². The molecule has 5 heteroatoms. The van der Waals surface area contributed by atoms with Crippen molar-refractivity contribution in [2.75, 3.05) is 25.0 Å². The molecule has 3 rings (SSSR count). The summed E-state index contributed by atoms with van der Waals surface area (Å²) < 4.78 is 5.97. The lowest BCUT2D eigenvalue weighted by Gasteiger charge is -2.27. The fraction of sp³-hybridized carbons (Fsp3) is 0.400. The Morgan fingerprint density at radius 1 is 1.50 bits per heavy atom. The first-order valence-corrected chi connectivity index (χ1v) is 7.80. The molecule has 2 atom stereocenters. The van der Waals surface area contributed by atoms with E-state index in [1.165, 1.54) is 5.01 Å². The van der Waals surface area contributed by atoms with Crippen molar-refractivity contribution < 1.29 is 4.74 Å². The highest BCUT2D eigenvalue weighted by Crippen LogP contribution is 2.27. The van der Waals surface area contributed by atoms with E-state index in [0.29, 0.717) is 5.92 Å². The fourth-order valence-electron chi connectivity index (χ4n) is 2.30. The van der Waals surface area contributed by atoms with Crippen LogP contribution in [0.5, 0.6) is 5.75 Å². The van der Waals surface area contributed by atoms with Gasteiger partial charge in [-0.05, 0) is 12.1 Å². The first kappa shape index (κ1) is 13.4. The predicted molar refractivity (Wildman–Crippen MR) is 82.7 cm³/mol. The van der Waals surface area contributed by atoms with Crippen molar-refractivity contribution in [3.8, 4) is 5.75 Å². The summed E-state index contributed by atoms with van der Waals surface area (Å²) in [5.41, 5.74) is 1.08. The normalized spacial score (nSPS) is 18.8. The van der Waals surface area contributed by atoms with E-state index in [9.17, 15) is 0 Å². The van der Waals surface area contributed by atoms with E-state index in [-0.39, 0.29) is 6.10 Å². The fourth-order valence-corrected chi connectivity index (χ4v) is 3.00. The van der Waals surface area contributed by atoms with Gasteiger partial charge in [0, 0.05) is 30.6 Å². The molecule has 2 unspecified atom stereocenters. The van der Waals surface area contributed by atoms with E-state index in [0.717, 1.165) is 31.1 Å². The van der Waals surface area contributed by atoms with Gasteiger partial charge in [-0.25, -0.2) is 4.98 Å². The summed E-state index contributed by atoms with van der Waals surface area (Å²) in [6.45, 7) is 4.81. The molecular weight excluding hydrogens is 270 g/mol. The Hall–Kier alpha value is -1.59. The van der Waals surface area contributed by atoms with E-state index in [1.54, 1.807) is 11.3 Å². The number of nitrogens with zero attached hydrogens (tertiary/aromatic N) is 1. The van der Waals surface area contributed by atoms with Crippen LogP contribution in [0.25, 0.3) is 0 Å². The predicted octanol–water partition coefficient (Wildman–Crippen LogP) is 2.71. The molecule has 0 saturated carbocycles. The highest BCUT2D eigenvalue weighted by atomic mass is 32.1. The highest BCUT2D eigenvalue weighted by Gasteiger charge is 2.18. The van der Waals surface area contributed by atoms with Crippen molar-refractivity contribution >= 4 is 17.0 Å². The second-order valence-corrected chi connectivity index (χ2v) is 5.97. The monoisotopic (exact) mass is 289 g/mol. The number of benzene rings is 1. The third kappa shape index (κ3) is 3.11. The zero-order chi connectivity index (χ0) is 13.8. The van der Waals surface area contributed by atoms with Gasteiger partial charge in [0.1, 0.15) is 11.9 Å². The van der Waals surface area contributed by atoms with Crippen LogP contribution in [0.15, 0.2) is 35.8 Å². The molecule has 0 saturated heterocycles. The van der Waals surface area contributed by atoms with Gasteiger partial charge < -0.3 is 15.4 Å². The zero-order valence-electron chi connectivity index (χ0n) is 11.5. The molecule has 4 nitrogen and oxygen atoms in total. The number of nitrogens with one attached hydrogen (secondary N) is 2. The summed E-state index contributed by atoms with van der Waals surface area (Å²) in [7, 11) is 0. The number of hydrogen-bond donors (Lipinski definition) is 2. The molecule has 2 N–H and O–H groups in total. The molecule has 0 amide bonds. The number of anilines is 1. The number of aromatic nitrogens is 1. The lowest BCUT2D eigenvalue weighted by Crippen LogP contribution is -2.40. The van der Waals surface area contributed by atoms with E-state index in [2.05, 4.69) is 22.5 Å². The van der Waals surface area contributed by atoms with E-state index < -0.39 is 0 Å². The molecule has 20 heavy (non-hydrogen) atoms. The first-order chi connectivity index (χ1) is 9.83. The summed E-state index contributed by atoms with van der Waals surface area (Å²) >= 11 is 1.71. The van der Waals surface area contributed by atoms with E-state index in [4.69, 9.17) is 4.74 Å². The number of rotatable bonds is 5. The molecule has 0 aliphatic carbocycles. The average Bonchev–Trinajstić information content (AvgIpc) is 3.01. The second kappa shape index (κ2) is 6.24. The lowest BCUT2D eigenvalue weighted by molar-refractivity contribution is 0.201. The van der Waals surface area contributed by atoms with Crippen molar-refractivity contribution in [3.05, 3.63) is 40.8 Å². The van der Waals surface area contributed by atoms with Gasteiger partial charge in [-0.15, -0.1) is 11.3 Å². The molecule has 0 spiro atoms. The Morgan fingerprint density at radius 2 is 2.40 bits per heavy atom. The third-order valence-electron chi connectivity index (χ3n) is 3.40. The van der Waals surface area contributed by atoms with Gasteiger partial charge in [0.05, 0.1) is 17.2 Å². The molecule has 2 aromatic rings. The lowest BCUT2D eigenvalue weighted by atomic mass is 10.2. The van der Waals surface area contributed by atoms with Crippen LogP contribution >= 0.6 is 11.3 Å². The standard InChI is InChI=1S/C15H19N3OS/c1-11(15-17-6-7-20-15)8-16-9-12-10-18-13-4-2-3-5-14(13)19-12/h2-7,11-12,16,18H,8-10H2,1H3. The van der Waals surface area contributed by atoms with Crippen LogP contribution in [0.2, 0.25) is 0 Å². The van der Waals surface area contributed by atoms with Gasteiger partial charge in [0.15, 0.2) is 0 Å². The molecule has 106 valence electrons. The topological polar surface area (TPSA) is 46.2 Å². The summed E-state index contributed by atoms with van der Waals surface area (Å²) in [5, 5.41) is 10.1. The Balaban J connectivity index is 1.46. The van der Waals surface area contributed by atoms with Crippen molar-refractivity contribution in [1.29, 1.82) is 0 Å². The van der Waals surface area contributed by atoms with Crippen LogP contribution in [0.1, 0.15) is 17.8 Å². The summed E-state index contributed by atoms with van der Waals surface area (Å²) in [5.74, 6) is 1.39. The Kier molecular flexibility index (Phi) is 4.18. The summed E-state index contributed by atoms with van der Waals surface area (Å²) in [6.07, 6.45) is 2.04. The second-order valence-electron chi connectivity index (χ2n) is 5.05. The van der Waals surface area contributed by atoms with Gasteiger partial charge in [0.2, 0.25) is 0 Å². The molecule has 0 fully saturated rings. The van der Waals surface area contributed by atoms with Gasteiger partial charge >= 0.3 is 0 Å². The molecule has 0 bridgehead atoms. The van der Waals surface area contributed by atoms with Crippen LogP contribution in [-0.2, 0) is 0 Å². The Labute approximate surface area is 123 Å². The number of hydrogen-bond acceptors (Lipinski definition) is 5. The smallest absolute Gasteiger partial charge is 0.142 e. The molecular formula is C15H19N3OS. The van der Waals surface area contributed by atoms with Crippen LogP contribution in [0.3, 0.4) is 0 Å². The molecule has 1 aliphatic heterocycles. The Morgan fingerprint density at radius 3 is 3.25 bits per heavy atom. The zero-order valence-corrected chi connectivity index (χ0v) is 12.3. The number of fused-ring (bicyclic) bond motifs is 1. The largest absolute Gasteiger partial charge is 0.485 e. The van der Waals surface area contributed by atoms with Gasteiger partial charge in [0.25, 0.3) is 0 Å². The summed E-state index contributed by atoms with van der Waals surface area (Å²) in [4.78, 5) is 4.35. The Bertz CT molecular complexity index is 544. The summed E-state index contributed by atoms with van der Waals surface area (Å²) in [6, 6.07) is 8.07. The van der Waals surface area contributed by atoms with Crippen LogP contribution < -0.4 is 15.4 Å². The minimum absolute atomic E-state index is 0.174. The molecule has 1 aromatic heterocycles. The maximum absolute atomic E-state index is 5.97. The van der Waals surface area contributed by atoms with Crippen LogP contribution in [-0.4, -0.2) is 30.7 Å². The van der Waals surface area contributed by atoms with Gasteiger partial charge in [-0.2, -0.15) is 0 Å². The van der Waals surface area contributed by atoms with Crippen molar-refractivity contribution in [1.82, 2.24) is 10.3 Å². The van der Waals surface area contributed by atoms with Gasteiger partial charge in [-0.3, -0.25) is 0 Å². The highest BCUT2D eigenvalue weighted by molar-refractivity contribution is 7.09. The number of ether oxygens (including phenoxy) is 1. The van der Waals surface area contributed by atoms with E-state index >= 15 is 0 Å². The molecule has 1 aromatic carbocycles. The van der Waals surface area contributed by atoms with Crippen LogP contribution in [0, 0.1) is 0 Å².